The Balaban J connectivity index is 1.91. The molecule has 0 aliphatic rings. The van der Waals surface area contributed by atoms with Gasteiger partial charge in [-0.05, 0) is 40.1 Å². The van der Waals surface area contributed by atoms with Crippen LogP contribution in [0.5, 0.6) is 0 Å². The molecule has 4 heteroatoms. The predicted molar refractivity (Wildman–Crippen MR) is 89.6 cm³/mol. The standard InChI is InChI=1S/C16H12BrClOS/c17-11-6-5-10(14(18)8-11)7-15(19)13-9-20-16-4-2-1-3-12(13)16/h1-6,8-9,15,19H,7H2. The Kier molecular flexibility index (Phi) is 4.13. The van der Waals surface area contributed by atoms with Gasteiger partial charge in [-0.2, -0.15) is 0 Å². The van der Waals surface area contributed by atoms with Crippen LogP contribution in [-0.2, 0) is 6.42 Å². The van der Waals surface area contributed by atoms with Crippen LogP contribution in [0.4, 0.5) is 0 Å². The van der Waals surface area contributed by atoms with Crippen LogP contribution < -0.4 is 0 Å². The molecule has 1 unspecified atom stereocenters. The van der Waals surface area contributed by atoms with Gasteiger partial charge in [-0.15, -0.1) is 11.3 Å². The zero-order valence-corrected chi connectivity index (χ0v) is 13.7. The number of benzene rings is 2. The first kappa shape index (κ1) is 14.1. The first-order chi connectivity index (χ1) is 9.65. The number of aliphatic hydroxyl groups excluding tert-OH is 1. The van der Waals surface area contributed by atoms with E-state index in [-0.39, 0.29) is 0 Å². The van der Waals surface area contributed by atoms with Crippen LogP contribution >= 0.6 is 38.9 Å². The summed E-state index contributed by atoms with van der Waals surface area (Å²) in [6.45, 7) is 0. The zero-order chi connectivity index (χ0) is 14.1. The van der Waals surface area contributed by atoms with Crippen LogP contribution in [0.15, 0.2) is 52.3 Å². The first-order valence-electron chi connectivity index (χ1n) is 6.23. The summed E-state index contributed by atoms with van der Waals surface area (Å²) in [4.78, 5) is 0. The number of thiophene rings is 1. The Bertz CT molecular complexity index is 753. The molecule has 0 fully saturated rings. The summed E-state index contributed by atoms with van der Waals surface area (Å²) in [5.74, 6) is 0. The van der Waals surface area contributed by atoms with Gasteiger partial charge in [0.1, 0.15) is 0 Å². The SMILES string of the molecule is OC(Cc1ccc(Br)cc1Cl)c1csc2ccccc12. The van der Waals surface area contributed by atoms with Crippen molar-refractivity contribution < 1.29 is 5.11 Å². The normalized spacial score (nSPS) is 12.8. The highest BCUT2D eigenvalue weighted by molar-refractivity contribution is 9.10. The second-order valence-corrected chi connectivity index (χ2v) is 6.88. The van der Waals surface area contributed by atoms with Crippen molar-refractivity contribution in [3.05, 3.63) is 68.5 Å². The largest absolute Gasteiger partial charge is 0.388 e. The first-order valence-corrected chi connectivity index (χ1v) is 8.28. The van der Waals surface area contributed by atoms with Gasteiger partial charge in [0.2, 0.25) is 0 Å². The van der Waals surface area contributed by atoms with E-state index in [9.17, 15) is 5.11 Å². The minimum absolute atomic E-state index is 0.521. The fraction of sp³-hybridized carbons (Fsp3) is 0.125. The van der Waals surface area contributed by atoms with Crippen molar-refractivity contribution >= 4 is 49.0 Å². The summed E-state index contributed by atoms with van der Waals surface area (Å²) >= 11 is 11.3. The lowest BCUT2D eigenvalue weighted by molar-refractivity contribution is 0.180. The van der Waals surface area contributed by atoms with E-state index in [4.69, 9.17) is 11.6 Å². The summed E-state index contributed by atoms with van der Waals surface area (Å²) in [6, 6.07) is 13.9. The maximum atomic E-state index is 10.5. The molecule has 1 N–H and O–H groups in total. The molecule has 1 nitrogen and oxygen atoms in total. The van der Waals surface area contributed by atoms with Crippen molar-refractivity contribution in [1.82, 2.24) is 0 Å². The molecule has 0 saturated carbocycles. The fourth-order valence-electron chi connectivity index (χ4n) is 2.26. The molecular formula is C16H12BrClOS. The summed E-state index contributed by atoms with van der Waals surface area (Å²) < 4.78 is 2.14. The number of rotatable bonds is 3. The number of hydrogen-bond acceptors (Lipinski definition) is 2. The van der Waals surface area contributed by atoms with Gasteiger partial charge in [0.25, 0.3) is 0 Å². The highest BCUT2D eigenvalue weighted by atomic mass is 79.9. The Hall–Kier alpha value is -0.870. The van der Waals surface area contributed by atoms with Crippen molar-refractivity contribution in [3.8, 4) is 0 Å². The van der Waals surface area contributed by atoms with Crippen molar-refractivity contribution in [3.63, 3.8) is 0 Å². The summed E-state index contributed by atoms with van der Waals surface area (Å²) in [5, 5.41) is 14.3. The van der Waals surface area contributed by atoms with E-state index in [2.05, 4.69) is 22.0 Å². The maximum absolute atomic E-state index is 10.5. The van der Waals surface area contributed by atoms with E-state index < -0.39 is 6.10 Å². The molecule has 3 aromatic rings. The second kappa shape index (κ2) is 5.86. The second-order valence-electron chi connectivity index (χ2n) is 4.64. The van der Waals surface area contributed by atoms with Gasteiger partial charge in [0, 0.05) is 20.6 Å². The predicted octanol–water partition coefficient (Wildman–Crippen LogP) is 5.59. The van der Waals surface area contributed by atoms with Crippen molar-refractivity contribution in [2.75, 3.05) is 0 Å². The van der Waals surface area contributed by atoms with E-state index in [0.717, 1.165) is 21.0 Å². The minimum Gasteiger partial charge on any atom is -0.388 e. The van der Waals surface area contributed by atoms with Crippen LogP contribution in [0.2, 0.25) is 5.02 Å². The Morgan fingerprint density at radius 1 is 1.20 bits per heavy atom. The molecule has 0 spiro atoms. The third-order valence-corrected chi connectivity index (χ3v) is 5.13. The minimum atomic E-state index is -0.537. The Labute approximate surface area is 135 Å². The average Bonchev–Trinajstić information content (AvgIpc) is 2.86. The smallest absolute Gasteiger partial charge is 0.0844 e. The highest BCUT2D eigenvalue weighted by Gasteiger charge is 2.15. The highest BCUT2D eigenvalue weighted by Crippen LogP contribution is 2.33. The molecule has 102 valence electrons. The summed E-state index contributed by atoms with van der Waals surface area (Å²) in [5.41, 5.74) is 1.93. The van der Waals surface area contributed by atoms with Crippen molar-refractivity contribution in [1.29, 1.82) is 0 Å². The topological polar surface area (TPSA) is 20.2 Å². The lowest BCUT2D eigenvalue weighted by Crippen LogP contribution is -2.01. The van der Waals surface area contributed by atoms with Gasteiger partial charge < -0.3 is 5.11 Å². The van der Waals surface area contributed by atoms with Gasteiger partial charge >= 0.3 is 0 Å². The molecule has 1 heterocycles. The monoisotopic (exact) mass is 366 g/mol. The lowest BCUT2D eigenvalue weighted by Gasteiger charge is -2.11. The van der Waals surface area contributed by atoms with Gasteiger partial charge in [0.05, 0.1) is 6.10 Å². The van der Waals surface area contributed by atoms with Gasteiger partial charge in [-0.25, -0.2) is 0 Å². The van der Waals surface area contributed by atoms with E-state index in [1.165, 1.54) is 4.70 Å². The zero-order valence-electron chi connectivity index (χ0n) is 10.5. The van der Waals surface area contributed by atoms with E-state index in [1.54, 1.807) is 11.3 Å². The van der Waals surface area contributed by atoms with Crippen LogP contribution in [-0.4, -0.2) is 5.11 Å². The molecule has 0 radical (unpaired) electrons. The molecule has 3 rings (SSSR count). The van der Waals surface area contributed by atoms with Crippen LogP contribution in [0.1, 0.15) is 17.2 Å². The van der Waals surface area contributed by atoms with Crippen molar-refractivity contribution in [2.24, 2.45) is 0 Å². The lowest BCUT2D eigenvalue weighted by atomic mass is 10.0. The molecule has 0 amide bonds. The van der Waals surface area contributed by atoms with Gasteiger partial charge in [-0.1, -0.05) is 51.8 Å². The van der Waals surface area contributed by atoms with Crippen LogP contribution in [0.3, 0.4) is 0 Å². The summed E-state index contributed by atoms with van der Waals surface area (Å²) in [7, 11) is 0. The van der Waals surface area contributed by atoms with E-state index >= 15 is 0 Å². The molecule has 2 aromatic carbocycles. The molecule has 1 aromatic heterocycles. The quantitative estimate of drug-likeness (QED) is 0.639. The molecule has 0 aliphatic heterocycles. The Morgan fingerprint density at radius 2 is 2.00 bits per heavy atom. The fourth-order valence-corrected chi connectivity index (χ4v) is 4.02. The van der Waals surface area contributed by atoms with Crippen molar-refractivity contribution in [2.45, 2.75) is 12.5 Å². The molecule has 0 aliphatic carbocycles. The number of hydrogen-bond donors (Lipinski definition) is 1. The number of aliphatic hydroxyl groups is 1. The van der Waals surface area contributed by atoms with Crippen LogP contribution in [0.25, 0.3) is 10.1 Å². The third-order valence-electron chi connectivity index (χ3n) is 3.30. The third kappa shape index (κ3) is 2.77. The van der Waals surface area contributed by atoms with E-state index in [1.807, 2.05) is 41.8 Å². The molecule has 1 atom stereocenters. The Morgan fingerprint density at radius 3 is 2.80 bits per heavy atom. The molecule has 0 bridgehead atoms. The molecule has 0 saturated heterocycles. The van der Waals surface area contributed by atoms with Gasteiger partial charge in [0.15, 0.2) is 0 Å². The number of fused-ring (bicyclic) bond motifs is 1. The molecule has 20 heavy (non-hydrogen) atoms. The van der Waals surface area contributed by atoms with E-state index in [0.29, 0.717) is 11.4 Å². The average molecular weight is 368 g/mol. The van der Waals surface area contributed by atoms with Gasteiger partial charge in [-0.3, -0.25) is 0 Å². The number of halogens is 2. The summed E-state index contributed by atoms with van der Waals surface area (Å²) in [6.07, 6.45) is -0.0165. The molecular weight excluding hydrogens is 356 g/mol. The van der Waals surface area contributed by atoms with Crippen LogP contribution in [0, 0.1) is 0 Å². The maximum Gasteiger partial charge on any atom is 0.0844 e.